The largest absolute Gasteiger partial charge is 0.484 e. The van der Waals surface area contributed by atoms with Crippen LogP contribution in [0.5, 0.6) is 5.75 Å². The first-order chi connectivity index (χ1) is 17.0. The Morgan fingerprint density at radius 1 is 1.11 bits per heavy atom. The third kappa shape index (κ3) is 4.71. The Morgan fingerprint density at radius 2 is 1.94 bits per heavy atom. The molecule has 0 atom stereocenters. The van der Waals surface area contributed by atoms with Crippen LogP contribution in [0.4, 0.5) is 5.82 Å². The van der Waals surface area contributed by atoms with Crippen LogP contribution < -0.4 is 15.6 Å². The normalized spacial score (nSPS) is 11.0. The summed E-state index contributed by atoms with van der Waals surface area (Å²) in [6.07, 6.45) is 0.573. The number of nitrogens with zero attached hydrogens (tertiary/aromatic N) is 3. The van der Waals surface area contributed by atoms with Crippen molar-refractivity contribution in [2.75, 3.05) is 11.9 Å². The van der Waals surface area contributed by atoms with Crippen molar-refractivity contribution in [3.8, 4) is 22.3 Å². The lowest BCUT2D eigenvalue weighted by molar-refractivity contribution is -0.118. The number of aromatic nitrogens is 4. The number of anilines is 1. The third-order valence-electron chi connectivity index (χ3n) is 5.61. The van der Waals surface area contributed by atoms with Gasteiger partial charge in [0, 0.05) is 17.3 Å². The van der Waals surface area contributed by atoms with Crippen LogP contribution in [0.25, 0.3) is 27.3 Å². The Morgan fingerprint density at radius 3 is 2.69 bits per heavy atom. The van der Waals surface area contributed by atoms with Gasteiger partial charge in [0.2, 0.25) is 5.95 Å². The number of amides is 1. The Kier molecular flexibility index (Phi) is 6.15. The van der Waals surface area contributed by atoms with Crippen LogP contribution in [0.15, 0.2) is 70.8 Å². The molecule has 0 aliphatic rings. The number of hydrogen-bond acceptors (Lipinski definition) is 6. The second-order valence-corrected chi connectivity index (χ2v) is 8.90. The molecule has 3 aromatic heterocycles. The fraction of sp³-hybridized carbons (Fsp3) is 0.154. The van der Waals surface area contributed by atoms with Crippen LogP contribution in [-0.2, 0) is 11.2 Å². The topological polar surface area (TPSA) is 102 Å². The molecule has 5 rings (SSSR count). The fourth-order valence-electron chi connectivity index (χ4n) is 3.87. The predicted octanol–water partition coefficient (Wildman–Crippen LogP) is 4.73. The highest BCUT2D eigenvalue weighted by Gasteiger charge is 2.17. The van der Waals surface area contributed by atoms with E-state index in [1.807, 2.05) is 66.9 Å². The van der Waals surface area contributed by atoms with E-state index in [1.54, 1.807) is 13.0 Å². The van der Waals surface area contributed by atoms with Crippen LogP contribution in [0.3, 0.4) is 0 Å². The van der Waals surface area contributed by atoms with Gasteiger partial charge < -0.3 is 10.1 Å². The van der Waals surface area contributed by atoms with E-state index < -0.39 is 0 Å². The molecule has 0 bridgehead atoms. The zero-order valence-corrected chi connectivity index (χ0v) is 20.1. The van der Waals surface area contributed by atoms with E-state index in [4.69, 9.17) is 4.74 Å². The van der Waals surface area contributed by atoms with E-state index in [-0.39, 0.29) is 24.0 Å². The Hall–Kier alpha value is -4.24. The summed E-state index contributed by atoms with van der Waals surface area (Å²) >= 11 is 1.53. The number of rotatable bonds is 7. The van der Waals surface area contributed by atoms with Gasteiger partial charge in [-0.15, -0.1) is 11.3 Å². The molecule has 2 aromatic carbocycles. The van der Waals surface area contributed by atoms with Crippen molar-refractivity contribution in [1.29, 1.82) is 0 Å². The van der Waals surface area contributed by atoms with Gasteiger partial charge in [0.05, 0.1) is 4.88 Å². The Bertz CT molecular complexity index is 1570. The number of ether oxygens (including phenoxy) is 1. The second-order valence-electron chi connectivity index (χ2n) is 7.96. The molecule has 35 heavy (non-hydrogen) atoms. The lowest BCUT2D eigenvalue weighted by Crippen LogP contribution is -2.24. The molecule has 0 fully saturated rings. The quantitative estimate of drug-likeness (QED) is 0.347. The van der Waals surface area contributed by atoms with Gasteiger partial charge in [0.15, 0.2) is 6.61 Å². The van der Waals surface area contributed by atoms with Crippen molar-refractivity contribution in [2.45, 2.75) is 20.3 Å². The average molecular weight is 486 g/mol. The molecule has 9 heteroatoms. The Labute approximate surface area is 205 Å². The summed E-state index contributed by atoms with van der Waals surface area (Å²) in [5.41, 5.74) is 1.68. The van der Waals surface area contributed by atoms with Gasteiger partial charge in [-0.2, -0.15) is 9.78 Å². The number of aryl methyl sites for hydroxylation is 1. The van der Waals surface area contributed by atoms with Gasteiger partial charge in [-0.3, -0.25) is 14.6 Å². The zero-order chi connectivity index (χ0) is 24.4. The smallest absolute Gasteiger partial charge is 0.263 e. The number of thiophene rings is 1. The molecule has 0 spiro atoms. The molecule has 3 heterocycles. The number of fused-ring (bicyclic) bond motifs is 1. The van der Waals surface area contributed by atoms with Crippen molar-refractivity contribution in [3.05, 3.63) is 87.7 Å². The number of carbonyl (C=O) groups excluding carboxylic acids is 1. The first kappa shape index (κ1) is 22.5. The van der Waals surface area contributed by atoms with E-state index in [1.165, 1.54) is 16.0 Å². The maximum atomic E-state index is 12.8. The van der Waals surface area contributed by atoms with Crippen LogP contribution in [-0.4, -0.2) is 32.3 Å². The molecule has 8 nitrogen and oxygen atoms in total. The number of hydrogen-bond donors (Lipinski definition) is 2. The molecule has 5 aromatic rings. The van der Waals surface area contributed by atoms with Gasteiger partial charge in [0.25, 0.3) is 11.5 Å². The number of benzene rings is 2. The molecule has 2 N–H and O–H groups in total. The molecular formula is C26H23N5O3S. The van der Waals surface area contributed by atoms with Crippen molar-refractivity contribution in [1.82, 2.24) is 19.7 Å². The van der Waals surface area contributed by atoms with Crippen molar-refractivity contribution in [2.24, 2.45) is 0 Å². The summed E-state index contributed by atoms with van der Waals surface area (Å²) in [6.45, 7) is 3.51. The van der Waals surface area contributed by atoms with Gasteiger partial charge >= 0.3 is 0 Å². The summed E-state index contributed by atoms with van der Waals surface area (Å²) in [4.78, 5) is 33.6. The highest BCUT2D eigenvalue weighted by Crippen LogP contribution is 2.27. The third-order valence-corrected chi connectivity index (χ3v) is 6.50. The van der Waals surface area contributed by atoms with Gasteiger partial charge in [-0.1, -0.05) is 43.3 Å². The number of carbonyl (C=O) groups is 1. The van der Waals surface area contributed by atoms with Gasteiger partial charge in [-0.25, -0.2) is 4.98 Å². The molecule has 0 saturated carbocycles. The molecule has 1 amide bonds. The molecule has 0 unspecified atom stereocenters. The predicted molar refractivity (Wildman–Crippen MR) is 137 cm³/mol. The highest BCUT2D eigenvalue weighted by molar-refractivity contribution is 7.13. The lowest BCUT2D eigenvalue weighted by atomic mass is 10.1. The number of aromatic amines is 1. The van der Waals surface area contributed by atoms with Crippen LogP contribution in [0.1, 0.15) is 18.2 Å². The molecular weight excluding hydrogens is 462 g/mol. The van der Waals surface area contributed by atoms with Crippen molar-refractivity contribution < 1.29 is 9.53 Å². The minimum atomic E-state index is -0.360. The average Bonchev–Trinajstić information content (AvgIpc) is 3.53. The zero-order valence-electron chi connectivity index (χ0n) is 19.2. The lowest BCUT2D eigenvalue weighted by Gasteiger charge is -2.11. The summed E-state index contributed by atoms with van der Waals surface area (Å²) in [6, 6.07) is 19.2. The summed E-state index contributed by atoms with van der Waals surface area (Å²) in [5, 5.41) is 11.5. The van der Waals surface area contributed by atoms with E-state index in [2.05, 4.69) is 20.4 Å². The van der Waals surface area contributed by atoms with E-state index >= 15 is 0 Å². The monoisotopic (exact) mass is 485 g/mol. The van der Waals surface area contributed by atoms with E-state index in [9.17, 15) is 9.59 Å². The Balaban J connectivity index is 1.41. The summed E-state index contributed by atoms with van der Waals surface area (Å²) in [7, 11) is 0. The molecule has 0 aliphatic carbocycles. The number of H-pyrrole nitrogens is 1. The van der Waals surface area contributed by atoms with Crippen molar-refractivity contribution in [3.63, 3.8) is 0 Å². The summed E-state index contributed by atoms with van der Waals surface area (Å²) < 4.78 is 7.17. The number of nitrogens with one attached hydrogen (secondary N) is 2. The molecule has 0 aliphatic heterocycles. The van der Waals surface area contributed by atoms with Gasteiger partial charge in [-0.05, 0) is 47.7 Å². The molecule has 0 radical (unpaired) electrons. The first-order valence-electron chi connectivity index (χ1n) is 11.2. The second kappa shape index (κ2) is 9.55. The van der Waals surface area contributed by atoms with Crippen LogP contribution in [0, 0.1) is 6.92 Å². The first-order valence-corrected chi connectivity index (χ1v) is 12.1. The highest BCUT2D eigenvalue weighted by atomic mass is 32.1. The fourth-order valence-corrected chi connectivity index (χ4v) is 4.55. The molecule has 176 valence electrons. The van der Waals surface area contributed by atoms with E-state index in [0.717, 1.165) is 15.6 Å². The maximum absolute atomic E-state index is 12.8. The van der Waals surface area contributed by atoms with Gasteiger partial charge in [0.1, 0.15) is 17.3 Å². The SMILES string of the molecule is CCc1c(C)nc(-n2nc(-c3cccs3)cc2NC(=O)COc2ccc3ccccc3c2)[nH]c1=O. The minimum Gasteiger partial charge on any atom is -0.484 e. The van der Waals surface area contributed by atoms with Crippen molar-refractivity contribution >= 4 is 33.8 Å². The van der Waals surface area contributed by atoms with Crippen LogP contribution >= 0.6 is 11.3 Å². The maximum Gasteiger partial charge on any atom is 0.263 e. The minimum absolute atomic E-state index is 0.185. The summed E-state index contributed by atoms with van der Waals surface area (Å²) in [5.74, 6) is 0.857. The van der Waals surface area contributed by atoms with Crippen LogP contribution in [0.2, 0.25) is 0 Å². The van der Waals surface area contributed by atoms with E-state index in [0.29, 0.717) is 34.9 Å². The molecule has 0 saturated heterocycles. The standard InChI is InChI=1S/C26H23N5O3S/c1-3-20-16(2)27-26(29-25(20)33)31-23(14-21(30-31)22-9-6-12-35-22)28-24(32)15-34-19-11-10-17-7-4-5-8-18(17)13-19/h4-14H,3,15H2,1-2H3,(H,28,32)(H,27,29,33).